The van der Waals surface area contributed by atoms with Crippen molar-refractivity contribution in [1.82, 2.24) is 10.6 Å². The Hall–Kier alpha value is -1.61. The van der Waals surface area contributed by atoms with Gasteiger partial charge in [0.05, 0.1) is 12.6 Å². The van der Waals surface area contributed by atoms with Crippen LogP contribution in [-0.2, 0) is 9.59 Å². The predicted molar refractivity (Wildman–Crippen MR) is 48.3 cm³/mol. The fraction of sp³-hybridized carbons (Fsp3) is 0.625. The summed E-state index contributed by atoms with van der Waals surface area (Å²) in [5, 5.41) is 21.7. The van der Waals surface area contributed by atoms with Crippen molar-refractivity contribution in [2.45, 2.75) is 19.4 Å². The molecule has 0 fully saturated rings. The van der Waals surface area contributed by atoms with Gasteiger partial charge in [-0.3, -0.25) is 14.9 Å². The molecule has 0 aromatic carbocycles. The summed E-state index contributed by atoms with van der Waals surface area (Å²) < 4.78 is 0. The van der Waals surface area contributed by atoms with Crippen molar-refractivity contribution >= 4 is 11.9 Å². The molecular formula is C8H13N3O3. The maximum absolute atomic E-state index is 11.0. The van der Waals surface area contributed by atoms with E-state index in [9.17, 15) is 9.59 Å². The Bertz CT molecular complexity index is 267. The Morgan fingerprint density at radius 3 is 2.50 bits per heavy atom. The number of hydrogen-bond acceptors (Lipinski definition) is 4. The van der Waals surface area contributed by atoms with Crippen molar-refractivity contribution in [2.75, 3.05) is 13.1 Å². The van der Waals surface area contributed by atoms with Crippen molar-refractivity contribution < 1.29 is 14.7 Å². The number of rotatable bonds is 5. The second-order valence-corrected chi connectivity index (χ2v) is 3.22. The van der Waals surface area contributed by atoms with Crippen LogP contribution in [0.2, 0.25) is 0 Å². The second kappa shape index (κ2) is 5.19. The number of amides is 1. The Kier molecular flexibility index (Phi) is 4.59. The van der Waals surface area contributed by atoms with Crippen LogP contribution in [0.3, 0.4) is 0 Å². The smallest absolute Gasteiger partial charge is 0.323 e. The molecule has 78 valence electrons. The number of nitrogens with zero attached hydrogens (tertiary/aromatic N) is 1. The van der Waals surface area contributed by atoms with E-state index in [0.717, 1.165) is 0 Å². The molecule has 0 aromatic heterocycles. The molecule has 0 unspecified atom stereocenters. The quantitative estimate of drug-likeness (QED) is 0.497. The number of hydrogen-bond donors (Lipinski definition) is 3. The Balaban J connectivity index is 3.89. The number of nitrogens with one attached hydrogen (secondary N) is 2. The highest BCUT2D eigenvalue weighted by atomic mass is 16.4. The van der Waals surface area contributed by atoms with Crippen molar-refractivity contribution in [3.63, 3.8) is 0 Å². The largest absolute Gasteiger partial charge is 0.480 e. The number of nitriles is 1. The number of carbonyl (C=O) groups excluding carboxylic acids is 1. The third-order valence-electron chi connectivity index (χ3n) is 1.59. The first kappa shape index (κ1) is 12.4. The zero-order valence-corrected chi connectivity index (χ0v) is 8.13. The van der Waals surface area contributed by atoms with Crippen molar-refractivity contribution in [3.8, 4) is 6.07 Å². The van der Waals surface area contributed by atoms with Crippen LogP contribution < -0.4 is 10.6 Å². The van der Waals surface area contributed by atoms with Crippen LogP contribution in [0, 0.1) is 11.3 Å². The molecule has 0 atom stereocenters. The van der Waals surface area contributed by atoms with E-state index in [-0.39, 0.29) is 13.1 Å². The highest BCUT2D eigenvalue weighted by Crippen LogP contribution is 2.00. The van der Waals surface area contributed by atoms with Gasteiger partial charge in [-0.1, -0.05) is 0 Å². The number of carboxylic acid groups (broad SMARTS) is 1. The normalized spacial score (nSPS) is 10.4. The molecule has 0 saturated carbocycles. The van der Waals surface area contributed by atoms with Crippen LogP contribution in [0.1, 0.15) is 13.8 Å². The van der Waals surface area contributed by atoms with Crippen LogP contribution in [0.5, 0.6) is 0 Å². The van der Waals surface area contributed by atoms with Crippen LogP contribution >= 0.6 is 0 Å². The molecule has 14 heavy (non-hydrogen) atoms. The lowest BCUT2D eigenvalue weighted by molar-refractivity contribution is -0.143. The summed E-state index contributed by atoms with van der Waals surface area (Å²) in [6, 6.07) is 1.74. The first-order valence-electron chi connectivity index (χ1n) is 4.02. The number of carbonyl (C=O) groups is 2. The van der Waals surface area contributed by atoms with Gasteiger partial charge in [-0.25, -0.2) is 0 Å². The molecular weight excluding hydrogens is 186 g/mol. The van der Waals surface area contributed by atoms with Crippen LogP contribution in [-0.4, -0.2) is 35.6 Å². The number of aliphatic carboxylic acids is 1. The third kappa shape index (κ3) is 4.42. The van der Waals surface area contributed by atoms with Crippen LogP contribution in [0.15, 0.2) is 0 Å². The zero-order chi connectivity index (χ0) is 11.2. The molecule has 0 aromatic rings. The summed E-state index contributed by atoms with van der Waals surface area (Å²) in [5.74, 6) is -1.44. The Labute approximate surface area is 81.9 Å². The molecule has 1 amide bonds. The average Bonchev–Trinajstić information content (AvgIpc) is 2.11. The lowest BCUT2D eigenvalue weighted by atomic mass is 10.1. The minimum absolute atomic E-state index is 0.0754. The molecule has 0 aliphatic rings. The summed E-state index contributed by atoms with van der Waals surface area (Å²) in [6.45, 7) is 2.70. The summed E-state index contributed by atoms with van der Waals surface area (Å²) in [7, 11) is 0. The van der Waals surface area contributed by atoms with Gasteiger partial charge in [0.2, 0.25) is 5.91 Å². The van der Waals surface area contributed by atoms with Gasteiger partial charge in [-0.15, -0.1) is 0 Å². The minimum atomic E-state index is -1.15. The van der Waals surface area contributed by atoms with Gasteiger partial charge in [0.15, 0.2) is 0 Å². The van der Waals surface area contributed by atoms with E-state index >= 15 is 0 Å². The average molecular weight is 199 g/mol. The molecule has 0 saturated heterocycles. The van der Waals surface area contributed by atoms with E-state index in [1.54, 1.807) is 6.07 Å². The topological polar surface area (TPSA) is 102 Å². The Morgan fingerprint density at radius 1 is 1.50 bits per heavy atom. The van der Waals surface area contributed by atoms with Crippen molar-refractivity contribution in [1.29, 1.82) is 5.26 Å². The predicted octanol–water partition coefficient (Wildman–Crippen LogP) is -0.921. The highest BCUT2D eigenvalue weighted by Gasteiger charge is 2.26. The van der Waals surface area contributed by atoms with E-state index in [1.165, 1.54) is 13.8 Å². The first-order valence-corrected chi connectivity index (χ1v) is 4.02. The zero-order valence-electron chi connectivity index (χ0n) is 8.13. The number of carboxylic acids is 1. The lowest BCUT2D eigenvalue weighted by Crippen LogP contribution is -2.50. The molecule has 3 N–H and O–H groups in total. The molecule has 0 radical (unpaired) electrons. The van der Waals surface area contributed by atoms with Gasteiger partial charge in [0, 0.05) is 0 Å². The van der Waals surface area contributed by atoms with Gasteiger partial charge in [-0.05, 0) is 13.8 Å². The van der Waals surface area contributed by atoms with E-state index in [0.29, 0.717) is 0 Å². The van der Waals surface area contributed by atoms with Gasteiger partial charge in [-0.2, -0.15) is 5.26 Å². The van der Waals surface area contributed by atoms with Crippen molar-refractivity contribution in [3.05, 3.63) is 0 Å². The van der Waals surface area contributed by atoms with Crippen LogP contribution in [0.25, 0.3) is 0 Å². The molecule has 0 rings (SSSR count). The monoisotopic (exact) mass is 199 g/mol. The summed E-state index contributed by atoms with van der Waals surface area (Å²) in [6.07, 6.45) is 0. The first-order chi connectivity index (χ1) is 6.40. The van der Waals surface area contributed by atoms with Crippen molar-refractivity contribution in [2.24, 2.45) is 0 Å². The summed E-state index contributed by atoms with van der Waals surface area (Å²) in [4.78, 5) is 21.6. The van der Waals surface area contributed by atoms with E-state index in [2.05, 4.69) is 10.6 Å². The fourth-order valence-electron chi connectivity index (χ4n) is 0.577. The molecule has 6 heteroatoms. The molecule has 0 heterocycles. The molecule has 0 spiro atoms. The van der Waals surface area contributed by atoms with E-state index in [1.807, 2.05) is 0 Å². The van der Waals surface area contributed by atoms with E-state index in [4.69, 9.17) is 10.4 Å². The standard InChI is InChI=1S/C8H13N3O3/c1-8(2,7(13)14)11-5-6(12)10-4-3-9/h11H,4-5H2,1-2H3,(H,10,12)(H,13,14). The molecule has 0 aliphatic carbocycles. The molecule has 0 aliphatic heterocycles. The lowest BCUT2D eigenvalue weighted by Gasteiger charge is -2.20. The molecule has 6 nitrogen and oxygen atoms in total. The minimum Gasteiger partial charge on any atom is -0.480 e. The SMILES string of the molecule is CC(C)(NCC(=O)NCC#N)C(=O)O. The van der Waals surface area contributed by atoms with Gasteiger partial charge >= 0.3 is 5.97 Å². The second-order valence-electron chi connectivity index (χ2n) is 3.22. The fourth-order valence-corrected chi connectivity index (χ4v) is 0.577. The Morgan fingerprint density at radius 2 is 2.07 bits per heavy atom. The van der Waals surface area contributed by atoms with E-state index < -0.39 is 17.4 Å². The summed E-state index contributed by atoms with van der Waals surface area (Å²) >= 11 is 0. The highest BCUT2D eigenvalue weighted by molar-refractivity contribution is 5.81. The van der Waals surface area contributed by atoms with Gasteiger partial charge < -0.3 is 10.4 Å². The van der Waals surface area contributed by atoms with Gasteiger partial charge in [0.1, 0.15) is 12.1 Å². The third-order valence-corrected chi connectivity index (χ3v) is 1.59. The van der Waals surface area contributed by atoms with Gasteiger partial charge in [0.25, 0.3) is 0 Å². The summed E-state index contributed by atoms with van der Waals surface area (Å²) in [5.41, 5.74) is -1.15. The molecule has 0 bridgehead atoms. The maximum atomic E-state index is 11.0. The van der Waals surface area contributed by atoms with Crippen LogP contribution in [0.4, 0.5) is 0 Å². The maximum Gasteiger partial charge on any atom is 0.323 e.